The van der Waals surface area contributed by atoms with E-state index < -0.39 is 40.0 Å². The van der Waals surface area contributed by atoms with Crippen LogP contribution in [0.3, 0.4) is 0 Å². The summed E-state index contributed by atoms with van der Waals surface area (Å²) in [6.45, 7) is -0.0923. The fourth-order valence-corrected chi connectivity index (χ4v) is 7.20. The van der Waals surface area contributed by atoms with Crippen LogP contribution in [-0.4, -0.2) is 61.7 Å². The average Bonchev–Trinajstić information content (AvgIpc) is 3.20. The highest BCUT2D eigenvalue weighted by atomic mass is 32.2. The van der Waals surface area contributed by atoms with Gasteiger partial charge in [0.05, 0.1) is 11.4 Å². The molecular weight excluding hydrogens is 696 g/mol. The van der Waals surface area contributed by atoms with Gasteiger partial charge in [-0.1, -0.05) is 91.0 Å². The molecule has 11 nitrogen and oxygen atoms in total. The quantitative estimate of drug-likeness (QED) is 0.117. The van der Waals surface area contributed by atoms with E-state index in [9.17, 15) is 31.2 Å². The predicted octanol–water partition coefficient (Wildman–Crippen LogP) is 4.51. The zero-order valence-electron chi connectivity index (χ0n) is 26.2. The minimum absolute atomic E-state index is 0.0457. The van der Waals surface area contributed by atoms with Crippen molar-refractivity contribution < 1.29 is 41.1 Å². The van der Waals surface area contributed by atoms with Crippen LogP contribution < -0.4 is 20.7 Å². The number of carboxylic acids is 1. The number of hydrogen-bond acceptors (Lipinski definition) is 7. The van der Waals surface area contributed by atoms with Crippen molar-refractivity contribution >= 4 is 51.1 Å². The van der Waals surface area contributed by atoms with Crippen LogP contribution in [0, 0.1) is 5.41 Å². The number of carbonyl (C=O) groups is 3. The molecule has 0 saturated carbocycles. The molecule has 4 aromatic rings. The summed E-state index contributed by atoms with van der Waals surface area (Å²) in [5.74, 6) is -3.81. The summed E-state index contributed by atoms with van der Waals surface area (Å²) in [4.78, 5) is 38.2. The molecule has 0 radical (unpaired) electrons. The second-order valence-electron chi connectivity index (χ2n) is 10.9. The number of halogens is 3. The first kappa shape index (κ1) is 37.6. The molecule has 0 aliphatic carbocycles. The number of sulfonamides is 1. The number of nitrogens with two attached hydrogens (primary N) is 1. The molecule has 0 spiro atoms. The molecule has 2 amide bonds. The third-order valence-corrected chi connectivity index (χ3v) is 9.66. The number of nitrogens with zero attached hydrogens (tertiary/aromatic N) is 1. The van der Waals surface area contributed by atoms with Crippen molar-refractivity contribution in [3.63, 3.8) is 0 Å². The number of hydrogen-bond donors (Lipinski definition) is 5. The van der Waals surface area contributed by atoms with Crippen molar-refractivity contribution in [2.75, 3.05) is 17.2 Å². The van der Waals surface area contributed by atoms with Gasteiger partial charge in [0.15, 0.2) is 0 Å². The highest BCUT2D eigenvalue weighted by Crippen LogP contribution is 2.37. The predicted molar refractivity (Wildman–Crippen MR) is 184 cm³/mol. The van der Waals surface area contributed by atoms with E-state index in [1.807, 2.05) is 48.5 Å². The average molecular weight is 728 g/mol. The van der Waals surface area contributed by atoms with Gasteiger partial charge in [-0.15, -0.1) is 11.8 Å². The number of anilines is 1. The van der Waals surface area contributed by atoms with Crippen LogP contribution in [0.25, 0.3) is 11.1 Å². The number of aliphatic carboxylic acids is 1. The molecule has 0 fully saturated rings. The number of amides is 2. The molecular formula is C34H32F3N5O6S2. The molecule has 6 N–H and O–H groups in total. The van der Waals surface area contributed by atoms with Gasteiger partial charge in [0.2, 0.25) is 21.8 Å². The molecule has 1 aliphatic rings. The third-order valence-electron chi connectivity index (χ3n) is 7.15. The second kappa shape index (κ2) is 16.5. The van der Waals surface area contributed by atoms with Crippen LogP contribution in [0.2, 0.25) is 0 Å². The van der Waals surface area contributed by atoms with Crippen molar-refractivity contribution in [2.45, 2.75) is 29.4 Å². The lowest BCUT2D eigenvalue weighted by Crippen LogP contribution is -2.51. The van der Waals surface area contributed by atoms with Crippen molar-refractivity contribution in [1.82, 2.24) is 10.0 Å². The first-order valence-corrected chi connectivity index (χ1v) is 17.4. The van der Waals surface area contributed by atoms with E-state index in [0.29, 0.717) is 16.8 Å². The second-order valence-corrected chi connectivity index (χ2v) is 13.7. The van der Waals surface area contributed by atoms with Crippen molar-refractivity contribution in [1.29, 1.82) is 5.41 Å². The van der Waals surface area contributed by atoms with Crippen LogP contribution in [0.15, 0.2) is 108 Å². The Kier molecular flexibility index (Phi) is 12.4. The molecule has 0 aromatic heterocycles. The number of amidine groups is 1. The highest BCUT2D eigenvalue weighted by Gasteiger charge is 2.38. The lowest BCUT2D eigenvalue weighted by atomic mass is 10.0. The molecule has 1 atom stereocenters. The minimum atomic E-state index is -5.08. The molecule has 1 aliphatic heterocycles. The summed E-state index contributed by atoms with van der Waals surface area (Å²) >= 11 is 1.37. The zero-order valence-corrected chi connectivity index (χ0v) is 27.8. The number of benzene rings is 4. The number of carbonyl (C=O) groups excluding carboxylic acids is 2. The summed E-state index contributed by atoms with van der Waals surface area (Å²) in [6.07, 6.45) is -5.08. The number of rotatable bonds is 10. The van der Waals surface area contributed by atoms with Gasteiger partial charge in [-0.05, 0) is 34.4 Å². The van der Waals surface area contributed by atoms with Crippen molar-refractivity contribution in [2.24, 2.45) is 5.73 Å². The lowest BCUT2D eigenvalue weighted by Gasteiger charge is -2.26. The van der Waals surface area contributed by atoms with Gasteiger partial charge in [-0.2, -0.15) is 13.2 Å². The number of carboxylic acid groups (broad SMARTS) is 1. The van der Waals surface area contributed by atoms with Gasteiger partial charge in [0.25, 0.3) is 0 Å². The van der Waals surface area contributed by atoms with Gasteiger partial charge in [-0.25, -0.2) is 17.9 Å². The number of alkyl halides is 3. The van der Waals surface area contributed by atoms with E-state index in [2.05, 4.69) is 10.0 Å². The first-order chi connectivity index (χ1) is 23.6. The van der Waals surface area contributed by atoms with Gasteiger partial charge in [0.1, 0.15) is 18.4 Å². The SMILES string of the molecule is N=C(N)c1ccc(CNC(=O)CN2C(=O)[C@H](NS(=O)(=O)Cc3ccccc3)CSc3ccc(-c4ccccc4)cc32)cc1.O=C(O)C(F)(F)F. The maximum atomic E-state index is 14.0. The summed E-state index contributed by atoms with van der Waals surface area (Å²) in [5.41, 5.74) is 9.86. The Morgan fingerprint density at radius 3 is 2.10 bits per heavy atom. The van der Waals surface area contributed by atoms with E-state index in [1.165, 1.54) is 16.7 Å². The maximum absolute atomic E-state index is 14.0. The number of nitrogens with one attached hydrogen (secondary N) is 3. The van der Waals surface area contributed by atoms with Crippen LogP contribution >= 0.6 is 11.8 Å². The first-order valence-electron chi connectivity index (χ1n) is 14.8. The third kappa shape index (κ3) is 10.7. The molecule has 16 heteroatoms. The Hall–Kier alpha value is -5.19. The van der Waals surface area contributed by atoms with Gasteiger partial charge in [-0.3, -0.25) is 15.0 Å². The van der Waals surface area contributed by atoms with Crippen LogP contribution in [0.1, 0.15) is 16.7 Å². The summed E-state index contributed by atoms with van der Waals surface area (Å²) in [5, 5.41) is 17.5. The summed E-state index contributed by atoms with van der Waals surface area (Å²) < 4.78 is 60.5. The maximum Gasteiger partial charge on any atom is 0.490 e. The monoisotopic (exact) mass is 727 g/mol. The normalized spacial score (nSPS) is 14.4. The molecule has 0 bridgehead atoms. The molecule has 1 heterocycles. The molecule has 4 aromatic carbocycles. The van der Waals surface area contributed by atoms with Crippen molar-refractivity contribution in [3.8, 4) is 11.1 Å². The molecule has 5 rings (SSSR count). The fraction of sp³-hybridized carbons (Fsp3) is 0.176. The molecule has 262 valence electrons. The Morgan fingerprint density at radius 1 is 0.920 bits per heavy atom. The van der Waals surface area contributed by atoms with E-state index >= 15 is 0 Å². The zero-order chi connectivity index (χ0) is 36.5. The Labute approximate surface area is 290 Å². The summed E-state index contributed by atoms with van der Waals surface area (Å²) in [7, 11) is -3.87. The highest BCUT2D eigenvalue weighted by molar-refractivity contribution is 7.99. The topological polar surface area (TPSA) is 183 Å². The van der Waals surface area contributed by atoms with Gasteiger partial charge < -0.3 is 21.1 Å². The van der Waals surface area contributed by atoms with Crippen LogP contribution in [0.4, 0.5) is 18.9 Å². The Bertz CT molecular complexity index is 1950. The summed E-state index contributed by atoms with van der Waals surface area (Å²) in [6, 6.07) is 30.0. The Balaban J connectivity index is 0.000000727. The van der Waals surface area contributed by atoms with Gasteiger partial charge >= 0.3 is 12.1 Å². The van der Waals surface area contributed by atoms with Gasteiger partial charge in [0, 0.05) is 22.8 Å². The van der Waals surface area contributed by atoms with Crippen molar-refractivity contribution in [3.05, 3.63) is 120 Å². The number of nitrogen functional groups attached to an aromatic ring is 1. The largest absolute Gasteiger partial charge is 0.490 e. The van der Waals surface area contributed by atoms with E-state index in [-0.39, 0.29) is 30.4 Å². The standard InChI is InChI=1S/C32H31N5O4S2.C2HF3O2/c33-31(34)25-13-11-22(12-14-25)18-35-30(38)19-37-28-17-26(24-9-5-2-6-10-24)15-16-29(28)42-20-27(32(37)39)36-43(40,41)21-23-7-3-1-4-8-23;3-2(4,5)1(6)7/h1-17,27,36H,18-21H2,(H3,33,34)(H,35,38);(H,6,7)/t27-;/m1./s1. The van der Waals surface area contributed by atoms with E-state index in [4.69, 9.17) is 21.0 Å². The van der Waals surface area contributed by atoms with Crippen LogP contribution in [0.5, 0.6) is 0 Å². The molecule has 50 heavy (non-hydrogen) atoms. The fourth-order valence-electron chi connectivity index (χ4n) is 4.71. The number of fused-ring (bicyclic) bond motifs is 1. The minimum Gasteiger partial charge on any atom is -0.475 e. The van der Waals surface area contributed by atoms with Crippen LogP contribution in [-0.2, 0) is 36.7 Å². The molecule has 0 saturated heterocycles. The molecule has 0 unspecified atom stereocenters. The number of thioether (sulfide) groups is 1. The smallest absolute Gasteiger partial charge is 0.475 e. The Morgan fingerprint density at radius 2 is 1.52 bits per heavy atom. The van der Waals surface area contributed by atoms with E-state index in [1.54, 1.807) is 54.6 Å². The van der Waals surface area contributed by atoms with E-state index in [0.717, 1.165) is 21.6 Å². The lowest BCUT2D eigenvalue weighted by molar-refractivity contribution is -0.192.